The van der Waals surface area contributed by atoms with Gasteiger partial charge in [0.2, 0.25) is 5.60 Å². The van der Waals surface area contributed by atoms with Gasteiger partial charge < -0.3 is 14.6 Å². The smallest absolute Gasteiger partial charge is 0.348 e. The molecule has 0 saturated carbocycles. The monoisotopic (exact) mass is 242 g/mol. The summed E-state index contributed by atoms with van der Waals surface area (Å²) in [5, 5.41) is 9.36. The summed E-state index contributed by atoms with van der Waals surface area (Å²) in [4.78, 5) is 23.5. The van der Waals surface area contributed by atoms with Crippen LogP contribution in [0.3, 0.4) is 0 Å². The van der Waals surface area contributed by atoms with Gasteiger partial charge in [-0.15, -0.1) is 0 Å². The molecule has 2 saturated heterocycles. The standard InChI is InChI=1S/C12H18O5/c1-8(2)12(9(13)14)7-11(10(15)17-12)3-5-16-6-4-11/h8H,3-7H2,1-2H3,(H,13,14). The molecule has 2 heterocycles. The van der Waals surface area contributed by atoms with E-state index in [9.17, 15) is 14.7 Å². The van der Waals surface area contributed by atoms with Crippen molar-refractivity contribution in [1.82, 2.24) is 0 Å². The molecule has 0 aliphatic carbocycles. The van der Waals surface area contributed by atoms with E-state index in [0.717, 1.165) is 0 Å². The van der Waals surface area contributed by atoms with Gasteiger partial charge in [-0.3, -0.25) is 4.79 Å². The first-order chi connectivity index (χ1) is 7.93. The average Bonchev–Trinajstić information content (AvgIpc) is 2.55. The highest BCUT2D eigenvalue weighted by atomic mass is 16.6. The van der Waals surface area contributed by atoms with Crippen LogP contribution < -0.4 is 0 Å². The van der Waals surface area contributed by atoms with E-state index in [1.165, 1.54) is 0 Å². The molecule has 2 aliphatic rings. The maximum absolute atomic E-state index is 12.0. The molecule has 2 rings (SSSR count). The number of rotatable bonds is 2. The first-order valence-corrected chi connectivity index (χ1v) is 5.98. The molecular formula is C12H18O5. The molecule has 5 nitrogen and oxygen atoms in total. The van der Waals surface area contributed by atoms with Crippen molar-refractivity contribution >= 4 is 11.9 Å². The maximum Gasteiger partial charge on any atom is 0.348 e. The number of hydrogen-bond donors (Lipinski definition) is 1. The van der Waals surface area contributed by atoms with Gasteiger partial charge in [0.05, 0.1) is 5.41 Å². The first kappa shape index (κ1) is 12.4. The summed E-state index contributed by atoms with van der Waals surface area (Å²) in [6.07, 6.45) is 1.40. The number of carbonyl (C=O) groups excluding carboxylic acids is 1. The van der Waals surface area contributed by atoms with Gasteiger partial charge in [0.25, 0.3) is 0 Å². The van der Waals surface area contributed by atoms with E-state index in [1.807, 2.05) is 0 Å². The lowest BCUT2D eigenvalue weighted by Gasteiger charge is -2.31. The third-order valence-corrected chi connectivity index (χ3v) is 4.05. The van der Waals surface area contributed by atoms with Gasteiger partial charge in [-0.2, -0.15) is 0 Å². The highest BCUT2D eigenvalue weighted by molar-refractivity contribution is 5.89. The third-order valence-electron chi connectivity index (χ3n) is 4.05. The van der Waals surface area contributed by atoms with Crippen molar-refractivity contribution in [3.8, 4) is 0 Å². The van der Waals surface area contributed by atoms with E-state index in [0.29, 0.717) is 26.1 Å². The second kappa shape index (κ2) is 3.98. The average molecular weight is 242 g/mol. The number of esters is 1. The molecule has 1 unspecified atom stereocenters. The Kier molecular flexibility index (Phi) is 2.89. The zero-order valence-corrected chi connectivity index (χ0v) is 10.2. The van der Waals surface area contributed by atoms with Gasteiger partial charge in [0, 0.05) is 25.6 Å². The molecule has 2 fully saturated rings. The van der Waals surface area contributed by atoms with E-state index in [1.54, 1.807) is 13.8 Å². The zero-order valence-electron chi connectivity index (χ0n) is 10.2. The third kappa shape index (κ3) is 1.73. The normalized spacial score (nSPS) is 31.8. The lowest BCUT2D eigenvalue weighted by Crippen LogP contribution is -2.44. The van der Waals surface area contributed by atoms with Crippen molar-refractivity contribution in [2.45, 2.75) is 38.7 Å². The predicted octanol–water partition coefficient (Wildman–Crippen LogP) is 1.21. The summed E-state index contributed by atoms with van der Waals surface area (Å²) in [6, 6.07) is 0. The highest BCUT2D eigenvalue weighted by Crippen LogP contribution is 2.49. The van der Waals surface area contributed by atoms with Crippen molar-refractivity contribution in [2.24, 2.45) is 11.3 Å². The molecule has 2 aliphatic heterocycles. The van der Waals surface area contributed by atoms with Gasteiger partial charge in [-0.05, 0) is 12.8 Å². The number of hydrogen-bond acceptors (Lipinski definition) is 4. The quantitative estimate of drug-likeness (QED) is 0.737. The van der Waals surface area contributed by atoms with E-state index < -0.39 is 17.0 Å². The Morgan fingerprint density at radius 1 is 1.35 bits per heavy atom. The van der Waals surface area contributed by atoms with E-state index in [-0.39, 0.29) is 18.3 Å². The molecule has 0 aromatic carbocycles. The van der Waals surface area contributed by atoms with Gasteiger partial charge in [-0.25, -0.2) is 4.79 Å². The van der Waals surface area contributed by atoms with E-state index >= 15 is 0 Å². The van der Waals surface area contributed by atoms with Crippen LogP contribution in [0.4, 0.5) is 0 Å². The first-order valence-electron chi connectivity index (χ1n) is 5.98. The van der Waals surface area contributed by atoms with Crippen LogP contribution in [0.15, 0.2) is 0 Å². The Hall–Kier alpha value is -1.10. The minimum Gasteiger partial charge on any atom is -0.478 e. The number of cyclic esters (lactones) is 1. The second-order valence-corrected chi connectivity index (χ2v) is 5.31. The topological polar surface area (TPSA) is 72.8 Å². The van der Waals surface area contributed by atoms with Crippen molar-refractivity contribution in [3.63, 3.8) is 0 Å². The molecule has 0 amide bonds. The number of aliphatic carboxylic acids is 1. The van der Waals surface area contributed by atoms with E-state index in [4.69, 9.17) is 9.47 Å². The van der Waals surface area contributed by atoms with Crippen molar-refractivity contribution < 1.29 is 24.2 Å². The minimum atomic E-state index is -1.35. The fourth-order valence-corrected chi connectivity index (χ4v) is 2.72. The number of carboxylic acids is 1. The maximum atomic E-state index is 12.0. The van der Waals surface area contributed by atoms with E-state index in [2.05, 4.69) is 0 Å². The number of ether oxygens (including phenoxy) is 2. The largest absolute Gasteiger partial charge is 0.478 e. The van der Waals surface area contributed by atoms with Crippen LogP contribution in [0, 0.1) is 11.3 Å². The summed E-state index contributed by atoms with van der Waals surface area (Å²) in [5.74, 6) is -1.63. The molecule has 0 radical (unpaired) electrons. The summed E-state index contributed by atoms with van der Waals surface area (Å²) >= 11 is 0. The number of carbonyl (C=O) groups is 2. The summed E-state index contributed by atoms with van der Waals surface area (Å²) in [5.41, 5.74) is -1.99. The Labute approximate surface area is 100 Å². The molecule has 0 bridgehead atoms. The van der Waals surface area contributed by atoms with Crippen LogP contribution in [-0.4, -0.2) is 35.9 Å². The number of carboxylic acid groups (broad SMARTS) is 1. The molecule has 1 spiro atoms. The van der Waals surface area contributed by atoms with Gasteiger partial charge >= 0.3 is 11.9 Å². The van der Waals surface area contributed by atoms with Crippen LogP contribution in [-0.2, 0) is 19.1 Å². The Morgan fingerprint density at radius 3 is 2.35 bits per heavy atom. The van der Waals surface area contributed by atoms with Crippen LogP contribution in [0.1, 0.15) is 33.1 Å². The second-order valence-electron chi connectivity index (χ2n) is 5.31. The molecule has 96 valence electrons. The van der Waals surface area contributed by atoms with Crippen molar-refractivity contribution in [3.05, 3.63) is 0 Å². The molecule has 17 heavy (non-hydrogen) atoms. The molecule has 5 heteroatoms. The van der Waals surface area contributed by atoms with Gasteiger partial charge in [0.15, 0.2) is 0 Å². The summed E-state index contributed by atoms with van der Waals surface area (Å²) in [7, 11) is 0. The van der Waals surface area contributed by atoms with Crippen LogP contribution >= 0.6 is 0 Å². The summed E-state index contributed by atoms with van der Waals surface area (Å²) in [6.45, 7) is 4.56. The molecular weight excluding hydrogens is 224 g/mol. The molecule has 1 atom stereocenters. The van der Waals surface area contributed by atoms with Gasteiger partial charge in [-0.1, -0.05) is 13.8 Å². The molecule has 0 aromatic rings. The molecule has 1 N–H and O–H groups in total. The lowest BCUT2D eigenvalue weighted by molar-refractivity contribution is -0.175. The Balaban J connectivity index is 2.31. The van der Waals surface area contributed by atoms with Crippen molar-refractivity contribution in [1.29, 1.82) is 0 Å². The van der Waals surface area contributed by atoms with Crippen molar-refractivity contribution in [2.75, 3.05) is 13.2 Å². The highest BCUT2D eigenvalue weighted by Gasteiger charge is 2.62. The predicted molar refractivity (Wildman–Crippen MR) is 58.4 cm³/mol. The Morgan fingerprint density at radius 2 is 1.94 bits per heavy atom. The fraction of sp³-hybridized carbons (Fsp3) is 0.833. The molecule has 0 aromatic heterocycles. The minimum absolute atomic E-state index is 0.230. The zero-order chi connectivity index (χ0) is 12.7. The summed E-state index contributed by atoms with van der Waals surface area (Å²) < 4.78 is 10.5. The Bertz CT molecular complexity index is 343. The van der Waals surface area contributed by atoms with Gasteiger partial charge in [0.1, 0.15) is 0 Å². The van der Waals surface area contributed by atoms with Crippen LogP contribution in [0.5, 0.6) is 0 Å². The fourth-order valence-electron chi connectivity index (χ4n) is 2.72. The lowest BCUT2D eigenvalue weighted by atomic mass is 9.72. The SMILES string of the molecule is CC(C)C1(C(=O)O)CC2(CCOCC2)C(=O)O1. The van der Waals surface area contributed by atoms with Crippen LogP contribution in [0.25, 0.3) is 0 Å². The van der Waals surface area contributed by atoms with Crippen LogP contribution in [0.2, 0.25) is 0 Å².